The summed E-state index contributed by atoms with van der Waals surface area (Å²) in [5.74, 6) is 0.780. The number of nitrogens with zero attached hydrogens (tertiary/aromatic N) is 3. The molecule has 4 nitrogen and oxygen atoms in total. The quantitative estimate of drug-likeness (QED) is 0.751. The molecule has 4 heteroatoms. The van der Waals surface area contributed by atoms with Crippen LogP contribution in [0.3, 0.4) is 0 Å². The first-order valence-corrected chi connectivity index (χ1v) is 4.79. The molecule has 1 aromatic rings. The molecule has 1 fully saturated rings. The molecule has 0 amide bonds. The van der Waals surface area contributed by atoms with Gasteiger partial charge in [-0.2, -0.15) is 0 Å². The van der Waals surface area contributed by atoms with Gasteiger partial charge in [0.1, 0.15) is 0 Å². The third-order valence-corrected chi connectivity index (χ3v) is 2.75. The Hall–Kier alpha value is -0.900. The summed E-state index contributed by atoms with van der Waals surface area (Å²) in [6.45, 7) is 5.16. The Morgan fingerprint density at radius 3 is 2.85 bits per heavy atom. The fourth-order valence-electron chi connectivity index (χ4n) is 1.66. The lowest BCUT2D eigenvalue weighted by molar-refractivity contribution is 0.566. The first kappa shape index (κ1) is 8.69. The van der Waals surface area contributed by atoms with Crippen LogP contribution >= 0.6 is 0 Å². The Kier molecular flexibility index (Phi) is 2.07. The van der Waals surface area contributed by atoms with Crippen LogP contribution in [0.5, 0.6) is 0 Å². The molecule has 1 aliphatic carbocycles. The van der Waals surface area contributed by atoms with E-state index in [9.17, 15) is 0 Å². The van der Waals surface area contributed by atoms with Crippen molar-refractivity contribution in [3.05, 3.63) is 11.4 Å². The minimum Gasteiger partial charge on any atom is -0.314 e. The fraction of sp³-hybridized carbons (Fsp3) is 0.778. The van der Waals surface area contributed by atoms with E-state index in [2.05, 4.69) is 34.2 Å². The molecule has 0 bridgehead atoms. The van der Waals surface area contributed by atoms with Gasteiger partial charge < -0.3 is 5.32 Å². The number of nitrogens with one attached hydrogen (secondary N) is 1. The highest BCUT2D eigenvalue weighted by Gasteiger charge is 2.36. The molecule has 0 spiro atoms. The summed E-state index contributed by atoms with van der Waals surface area (Å²) in [6.07, 6.45) is 1.25. The zero-order valence-electron chi connectivity index (χ0n) is 8.41. The predicted octanol–water partition coefficient (Wildman–Crippen LogP) is 0.887. The zero-order valence-corrected chi connectivity index (χ0v) is 8.41. The van der Waals surface area contributed by atoms with E-state index in [0.29, 0.717) is 6.04 Å². The van der Waals surface area contributed by atoms with Crippen molar-refractivity contribution < 1.29 is 0 Å². The van der Waals surface area contributed by atoms with Crippen molar-refractivity contribution in [1.82, 2.24) is 20.3 Å². The van der Waals surface area contributed by atoms with Crippen molar-refractivity contribution in [2.45, 2.75) is 32.9 Å². The average molecular weight is 180 g/mol. The van der Waals surface area contributed by atoms with Crippen LogP contribution in [0.15, 0.2) is 0 Å². The van der Waals surface area contributed by atoms with Gasteiger partial charge in [0, 0.05) is 6.54 Å². The highest BCUT2D eigenvalue weighted by atomic mass is 15.5. The second-order valence-electron chi connectivity index (χ2n) is 3.88. The van der Waals surface area contributed by atoms with Gasteiger partial charge in [-0.25, -0.2) is 4.68 Å². The standard InChI is InChI=1S/C9H16N4/c1-6-4-9(6)13-7(2)8(5-10-3)11-12-13/h6,9-10H,4-5H2,1-3H3. The van der Waals surface area contributed by atoms with Crippen LogP contribution in [0.1, 0.15) is 30.8 Å². The van der Waals surface area contributed by atoms with E-state index >= 15 is 0 Å². The van der Waals surface area contributed by atoms with Gasteiger partial charge in [-0.15, -0.1) is 5.10 Å². The molecule has 1 heterocycles. The molecule has 0 aromatic carbocycles. The normalized spacial score (nSPS) is 26.4. The molecule has 1 saturated carbocycles. The molecule has 2 unspecified atom stereocenters. The molecule has 1 N–H and O–H groups in total. The maximum Gasteiger partial charge on any atom is 0.0993 e. The summed E-state index contributed by atoms with van der Waals surface area (Å²) in [5.41, 5.74) is 2.28. The van der Waals surface area contributed by atoms with Crippen LogP contribution in [-0.4, -0.2) is 22.0 Å². The molecule has 1 aromatic heterocycles. The van der Waals surface area contributed by atoms with Gasteiger partial charge in [-0.05, 0) is 26.3 Å². The van der Waals surface area contributed by atoms with Crippen LogP contribution in [0.2, 0.25) is 0 Å². The van der Waals surface area contributed by atoms with Crippen LogP contribution in [0.25, 0.3) is 0 Å². The summed E-state index contributed by atoms with van der Waals surface area (Å²) in [7, 11) is 1.93. The fourth-order valence-corrected chi connectivity index (χ4v) is 1.66. The highest BCUT2D eigenvalue weighted by Crippen LogP contribution is 2.42. The van der Waals surface area contributed by atoms with Crippen LogP contribution in [0.4, 0.5) is 0 Å². The predicted molar refractivity (Wildman–Crippen MR) is 50.3 cm³/mol. The van der Waals surface area contributed by atoms with Crippen molar-refractivity contribution in [2.75, 3.05) is 7.05 Å². The Balaban J connectivity index is 2.18. The number of aromatic nitrogens is 3. The third-order valence-electron chi connectivity index (χ3n) is 2.75. The van der Waals surface area contributed by atoms with Gasteiger partial charge >= 0.3 is 0 Å². The summed E-state index contributed by atoms with van der Waals surface area (Å²) in [5, 5.41) is 11.4. The lowest BCUT2D eigenvalue weighted by Crippen LogP contribution is -2.07. The molecule has 0 aliphatic heterocycles. The highest BCUT2D eigenvalue weighted by molar-refractivity contribution is 5.10. The van der Waals surface area contributed by atoms with E-state index < -0.39 is 0 Å². The lowest BCUT2D eigenvalue weighted by atomic mass is 10.3. The van der Waals surface area contributed by atoms with E-state index in [1.807, 2.05) is 7.05 Å². The molecule has 0 radical (unpaired) electrons. The van der Waals surface area contributed by atoms with E-state index in [4.69, 9.17) is 0 Å². The largest absolute Gasteiger partial charge is 0.314 e. The van der Waals surface area contributed by atoms with Crippen molar-refractivity contribution in [3.8, 4) is 0 Å². The van der Waals surface area contributed by atoms with E-state index in [-0.39, 0.29) is 0 Å². The second kappa shape index (κ2) is 3.10. The Bertz CT molecular complexity index is 305. The number of rotatable bonds is 3. The minimum absolute atomic E-state index is 0.609. The zero-order chi connectivity index (χ0) is 9.42. The molecule has 2 atom stereocenters. The Labute approximate surface area is 78.3 Å². The minimum atomic E-state index is 0.609. The molecule has 2 rings (SSSR count). The van der Waals surface area contributed by atoms with Crippen LogP contribution in [-0.2, 0) is 6.54 Å². The molecular weight excluding hydrogens is 164 g/mol. The first-order valence-electron chi connectivity index (χ1n) is 4.79. The monoisotopic (exact) mass is 180 g/mol. The SMILES string of the molecule is CNCc1nnn(C2CC2C)c1C. The van der Waals surface area contributed by atoms with Crippen LogP contribution < -0.4 is 5.32 Å². The first-order chi connectivity index (χ1) is 6.24. The van der Waals surface area contributed by atoms with E-state index in [0.717, 1.165) is 18.2 Å². The van der Waals surface area contributed by atoms with E-state index in [1.165, 1.54) is 12.1 Å². The molecule has 72 valence electrons. The Morgan fingerprint density at radius 1 is 1.62 bits per heavy atom. The topological polar surface area (TPSA) is 42.7 Å². The Morgan fingerprint density at radius 2 is 2.31 bits per heavy atom. The lowest BCUT2D eigenvalue weighted by Gasteiger charge is -2.00. The van der Waals surface area contributed by atoms with Crippen molar-refractivity contribution >= 4 is 0 Å². The maximum atomic E-state index is 4.17. The van der Waals surface area contributed by atoms with Gasteiger partial charge in [0.05, 0.1) is 17.4 Å². The molecule has 13 heavy (non-hydrogen) atoms. The summed E-state index contributed by atoms with van der Waals surface area (Å²) in [4.78, 5) is 0. The van der Waals surface area contributed by atoms with Crippen molar-refractivity contribution in [3.63, 3.8) is 0 Å². The molecule has 1 aliphatic rings. The van der Waals surface area contributed by atoms with E-state index in [1.54, 1.807) is 0 Å². The van der Waals surface area contributed by atoms with Gasteiger partial charge in [-0.1, -0.05) is 12.1 Å². The second-order valence-corrected chi connectivity index (χ2v) is 3.88. The maximum absolute atomic E-state index is 4.17. The van der Waals surface area contributed by atoms with Gasteiger partial charge in [0.2, 0.25) is 0 Å². The number of hydrogen-bond donors (Lipinski definition) is 1. The molecular formula is C9H16N4. The van der Waals surface area contributed by atoms with Gasteiger partial charge in [0.25, 0.3) is 0 Å². The van der Waals surface area contributed by atoms with Gasteiger partial charge in [-0.3, -0.25) is 0 Å². The third kappa shape index (κ3) is 1.46. The van der Waals surface area contributed by atoms with Crippen molar-refractivity contribution in [1.29, 1.82) is 0 Å². The van der Waals surface area contributed by atoms with Crippen molar-refractivity contribution in [2.24, 2.45) is 5.92 Å². The average Bonchev–Trinajstić information content (AvgIpc) is 2.70. The van der Waals surface area contributed by atoms with Crippen LogP contribution in [0, 0.1) is 12.8 Å². The molecule has 0 saturated heterocycles. The smallest absolute Gasteiger partial charge is 0.0993 e. The van der Waals surface area contributed by atoms with Gasteiger partial charge in [0.15, 0.2) is 0 Å². The summed E-state index contributed by atoms with van der Waals surface area (Å²) >= 11 is 0. The number of hydrogen-bond acceptors (Lipinski definition) is 3. The summed E-state index contributed by atoms with van der Waals surface area (Å²) in [6, 6.07) is 0.609. The summed E-state index contributed by atoms with van der Waals surface area (Å²) < 4.78 is 2.07.